The Morgan fingerprint density at radius 3 is 1.46 bits per heavy atom. The molecule has 0 aliphatic carbocycles. The Labute approximate surface area is 97.3 Å². The molecule has 0 aliphatic rings. The van der Waals surface area contributed by atoms with E-state index in [4.69, 9.17) is 15.3 Å². The summed E-state index contributed by atoms with van der Waals surface area (Å²) in [5.74, 6) is -5.38. The van der Waals surface area contributed by atoms with Crippen LogP contribution >= 0.6 is 0 Å². The molecule has 0 rings (SSSR count). The summed E-state index contributed by atoms with van der Waals surface area (Å²) in [6.07, 6.45) is -1.33. The van der Waals surface area contributed by atoms with E-state index < -0.39 is 36.7 Å². The quantitative estimate of drug-likeness (QED) is 0.402. The molecule has 0 atom stereocenters. The minimum Gasteiger partial charge on any atom is -1.00 e. The number of carboxylic acid groups (broad SMARTS) is 3. The molecule has 7 heteroatoms. The molecule has 6 nitrogen and oxygen atoms in total. The fourth-order valence-electron chi connectivity index (χ4n) is 0.668. The Kier molecular flexibility index (Phi) is 7.89. The monoisotopic (exact) mass is 200 g/mol. The molecule has 0 radical (unpaired) electrons. The van der Waals surface area contributed by atoms with Gasteiger partial charge in [-0.3, -0.25) is 14.4 Å². The molecule has 0 spiro atoms. The van der Waals surface area contributed by atoms with Crippen LogP contribution in [0.2, 0.25) is 0 Å². The normalized spacial score (nSPS) is 9.00. The van der Waals surface area contributed by atoms with Crippen molar-refractivity contribution in [2.45, 2.75) is 12.8 Å². The van der Waals surface area contributed by atoms with Gasteiger partial charge in [-0.25, -0.2) is 0 Å². The van der Waals surface area contributed by atoms with Gasteiger partial charge in [0.15, 0.2) is 0 Å². The Morgan fingerprint density at radius 1 is 1.00 bits per heavy atom. The van der Waals surface area contributed by atoms with Crippen LogP contribution in [0.5, 0.6) is 0 Å². The SMILES string of the molecule is O=C(O)CC(CC(=O)O)C(=O)O.[H-].[Na+]. The largest absolute Gasteiger partial charge is 1.00 e. The number of aliphatic carboxylic acids is 3. The van der Waals surface area contributed by atoms with Gasteiger partial charge in [0, 0.05) is 0 Å². The molecule has 0 aromatic heterocycles. The molecule has 0 aromatic rings. The van der Waals surface area contributed by atoms with Gasteiger partial charge in [-0.15, -0.1) is 0 Å². The van der Waals surface area contributed by atoms with E-state index in [9.17, 15) is 14.4 Å². The van der Waals surface area contributed by atoms with E-state index in [1.54, 1.807) is 0 Å². The Bertz CT molecular complexity index is 202. The average Bonchev–Trinajstić information content (AvgIpc) is 1.83. The van der Waals surface area contributed by atoms with Crippen molar-refractivity contribution in [2.24, 2.45) is 5.92 Å². The summed E-state index contributed by atoms with van der Waals surface area (Å²) < 4.78 is 0. The second-order valence-corrected chi connectivity index (χ2v) is 2.23. The Hall–Kier alpha value is -0.590. The van der Waals surface area contributed by atoms with Crippen molar-refractivity contribution in [3.8, 4) is 0 Å². The molecule has 0 saturated heterocycles. The van der Waals surface area contributed by atoms with Crippen LogP contribution in [0.1, 0.15) is 14.3 Å². The summed E-state index contributed by atoms with van der Waals surface area (Å²) in [4.78, 5) is 30.3. The summed E-state index contributed by atoms with van der Waals surface area (Å²) in [6, 6.07) is 0. The molecule has 0 amide bonds. The second-order valence-electron chi connectivity index (χ2n) is 2.23. The van der Waals surface area contributed by atoms with Crippen molar-refractivity contribution in [1.82, 2.24) is 0 Å². The van der Waals surface area contributed by atoms with Gasteiger partial charge < -0.3 is 16.7 Å². The minimum absolute atomic E-state index is 0. The third kappa shape index (κ3) is 7.76. The fourth-order valence-corrected chi connectivity index (χ4v) is 0.668. The molecule has 13 heavy (non-hydrogen) atoms. The van der Waals surface area contributed by atoms with Gasteiger partial charge >= 0.3 is 47.5 Å². The van der Waals surface area contributed by atoms with Gasteiger partial charge in [0.05, 0.1) is 18.8 Å². The van der Waals surface area contributed by atoms with E-state index in [0.717, 1.165) is 0 Å². The molecule has 0 heterocycles. The number of rotatable bonds is 5. The second kappa shape index (κ2) is 6.88. The van der Waals surface area contributed by atoms with Gasteiger partial charge in [-0.2, -0.15) is 0 Å². The summed E-state index contributed by atoms with van der Waals surface area (Å²) in [7, 11) is 0. The smallest absolute Gasteiger partial charge is 1.00 e. The third-order valence-corrected chi connectivity index (χ3v) is 1.19. The molecule has 0 saturated carbocycles. The van der Waals surface area contributed by atoms with E-state index in [1.807, 2.05) is 0 Å². The van der Waals surface area contributed by atoms with Crippen molar-refractivity contribution in [1.29, 1.82) is 0 Å². The first kappa shape index (κ1) is 14.9. The Morgan fingerprint density at radius 2 is 1.31 bits per heavy atom. The summed E-state index contributed by atoms with van der Waals surface area (Å²) in [6.45, 7) is 0. The zero-order valence-electron chi connectivity index (χ0n) is 8.06. The van der Waals surface area contributed by atoms with Crippen LogP contribution in [0, 0.1) is 5.92 Å². The molecular formula is C6H9NaO6. The number of carboxylic acids is 3. The summed E-state index contributed by atoms with van der Waals surface area (Å²) in [5.41, 5.74) is 0. The van der Waals surface area contributed by atoms with E-state index in [1.165, 1.54) is 0 Å². The number of hydrogen-bond donors (Lipinski definition) is 3. The molecule has 0 bridgehead atoms. The van der Waals surface area contributed by atoms with Crippen molar-refractivity contribution >= 4 is 17.9 Å². The first-order valence-corrected chi connectivity index (χ1v) is 3.10. The van der Waals surface area contributed by atoms with Gasteiger partial charge in [-0.05, 0) is 0 Å². The third-order valence-electron chi connectivity index (χ3n) is 1.19. The predicted molar refractivity (Wildman–Crippen MR) is 36.7 cm³/mol. The van der Waals surface area contributed by atoms with Gasteiger partial charge in [-0.1, -0.05) is 0 Å². The maximum Gasteiger partial charge on any atom is 1.00 e. The van der Waals surface area contributed by atoms with E-state index in [0.29, 0.717) is 0 Å². The predicted octanol–water partition coefficient (Wildman–Crippen LogP) is -3.25. The first-order chi connectivity index (χ1) is 5.43. The average molecular weight is 200 g/mol. The molecule has 0 unspecified atom stereocenters. The number of carbonyl (C=O) groups is 3. The van der Waals surface area contributed by atoms with Gasteiger partial charge in [0.2, 0.25) is 0 Å². The molecule has 0 fully saturated rings. The van der Waals surface area contributed by atoms with Crippen molar-refractivity contribution < 1.29 is 60.7 Å². The maximum atomic E-state index is 10.2. The van der Waals surface area contributed by atoms with E-state index in [-0.39, 0.29) is 31.0 Å². The topological polar surface area (TPSA) is 112 Å². The molecular weight excluding hydrogens is 191 g/mol. The minimum atomic E-state index is -1.40. The Balaban J connectivity index is -0.000000605. The summed E-state index contributed by atoms with van der Waals surface area (Å²) in [5, 5.41) is 24.7. The molecule has 0 aromatic carbocycles. The standard InChI is InChI=1S/C6H8O6.Na.H/c7-4(8)1-3(6(11)12)2-5(9)10;;/h3H,1-2H2,(H,7,8)(H,9,10)(H,11,12);;/q;+1;-1. The molecule has 0 aliphatic heterocycles. The van der Waals surface area contributed by atoms with E-state index in [2.05, 4.69) is 0 Å². The van der Waals surface area contributed by atoms with Crippen molar-refractivity contribution in [3.63, 3.8) is 0 Å². The maximum absolute atomic E-state index is 10.2. The van der Waals surface area contributed by atoms with Crippen LogP contribution in [0.25, 0.3) is 0 Å². The van der Waals surface area contributed by atoms with Crippen LogP contribution in [0.3, 0.4) is 0 Å². The molecule has 3 N–H and O–H groups in total. The van der Waals surface area contributed by atoms with Gasteiger partial charge in [0.25, 0.3) is 0 Å². The van der Waals surface area contributed by atoms with E-state index >= 15 is 0 Å². The van der Waals surface area contributed by atoms with Crippen LogP contribution in [0.15, 0.2) is 0 Å². The van der Waals surface area contributed by atoms with Crippen molar-refractivity contribution in [2.75, 3.05) is 0 Å². The zero-order chi connectivity index (χ0) is 9.72. The van der Waals surface area contributed by atoms with Crippen LogP contribution < -0.4 is 29.6 Å². The number of hydrogen-bond acceptors (Lipinski definition) is 3. The van der Waals surface area contributed by atoms with Crippen LogP contribution in [0.4, 0.5) is 0 Å². The first-order valence-electron chi connectivity index (χ1n) is 3.10. The van der Waals surface area contributed by atoms with Crippen molar-refractivity contribution in [3.05, 3.63) is 0 Å². The fraction of sp³-hybridized carbons (Fsp3) is 0.500. The summed E-state index contributed by atoms with van der Waals surface area (Å²) >= 11 is 0. The zero-order valence-corrected chi connectivity index (χ0v) is 9.06. The molecule has 70 valence electrons. The van der Waals surface area contributed by atoms with Gasteiger partial charge in [0.1, 0.15) is 0 Å². The van der Waals surface area contributed by atoms with Crippen LogP contribution in [-0.2, 0) is 14.4 Å². The van der Waals surface area contributed by atoms with Crippen LogP contribution in [-0.4, -0.2) is 33.2 Å².